The number of benzene rings is 9. The number of hydrogen-bond donors (Lipinski definition) is 0. The van der Waals surface area contributed by atoms with Crippen LogP contribution < -0.4 is 0 Å². The maximum absolute atomic E-state index is 4.95. The van der Waals surface area contributed by atoms with Crippen LogP contribution in [0.2, 0.25) is 0 Å². The summed E-state index contributed by atoms with van der Waals surface area (Å²) in [7, 11) is 0. The maximum Gasteiger partial charge on any atom is 0.0718 e. The van der Waals surface area contributed by atoms with Gasteiger partial charge in [0.05, 0.1) is 11.2 Å². The lowest BCUT2D eigenvalue weighted by atomic mass is 9.84. The Labute approximate surface area is 325 Å². The first-order chi connectivity index (χ1) is 27.7. The second-order valence-corrected chi connectivity index (χ2v) is 14.6. The number of para-hydroxylation sites is 1. The molecule has 260 valence electrons. The van der Waals surface area contributed by atoms with E-state index in [1.165, 1.54) is 76.5 Å². The van der Waals surface area contributed by atoms with E-state index in [1.54, 1.807) is 0 Å². The molecule has 0 bridgehead atoms. The van der Waals surface area contributed by atoms with Crippen LogP contribution in [0.15, 0.2) is 207 Å². The van der Waals surface area contributed by atoms with E-state index in [2.05, 4.69) is 181 Å². The first-order valence-electron chi connectivity index (χ1n) is 19.1. The van der Waals surface area contributed by atoms with Crippen LogP contribution in [0, 0.1) is 0 Å². The molecular weight excluding hydrogens is 677 g/mol. The fraction of sp³-hybridized carbons (Fsp3) is 0. The summed E-state index contributed by atoms with van der Waals surface area (Å²) < 4.78 is 0. The molecule has 0 N–H and O–H groups in total. The molecule has 0 radical (unpaired) electrons. The summed E-state index contributed by atoms with van der Waals surface area (Å²) in [5.74, 6) is 0. The van der Waals surface area contributed by atoms with Gasteiger partial charge < -0.3 is 0 Å². The lowest BCUT2D eigenvalue weighted by Gasteiger charge is -2.19. The van der Waals surface area contributed by atoms with E-state index in [-0.39, 0.29) is 0 Å². The lowest BCUT2D eigenvalue weighted by molar-refractivity contribution is 1.31. The summed E-state index contributed by atoms with van der Waals surface area (Å²) in [4.78, 5) is 9.63. The van der Waals surface area contributed by atoms with Crippen molar-refractivity contribution in [3.63, 3.8) is 0 Å². The highest BCUT2D eigenvalue weighted by atomic mass is 14.7. The van der Waals surface area contributed by atoms with E-state index < -0.39 is 0 Å². The Balaban J connectivity index is 1.09. The van der Waals surface area contributed by atoms with Crippen molar-refractivity contribution in [2.24, 2.45) is 0 Å². The Hall–Kier alpha value is -7.42. The van der Waals surface area contributed by atoms with Gasteiger partial charge in [0, 0.05) is 28.9 Å². The fourth-order valence-corrected chi connectivity index (χ4v) is 8.47. The lowest BCUT2D eigenvalue weighted by Crippen LogP contribution is -1.92. The monoisotopic (exact) mass is 710 g/mol. The molecular formula is C54H34N2. The van der Waals surface area contributed by atoms with Crippen molar-refractivity contribution in [1.29, 1.82) is 0 Å². The van der Waals surface area contributed by atoms with Crippen LogP contribution in [0.3, 0.4) is 0 Å². The van der Waals surface area contributed by atoms with Crippen LogP contribution in [0.1, 0.15) is 0 Å². The Morgan fingerprint density at radius 3 is 1.45 bits per heavy atom. The van der Waals surface area contributed by atoms with E-state index in [0.29, 0.717) is 0 Å². The van der Waals surface area contributed by atoms with Crippen molar-refractivity contribution in [1.82, 2.24) is 9.97 Å². The van der Waals surface area contributed by atoms with Gasteiger partial charge in [-0.15, -0.1) is 0 Å². The molecule has 0 atom stereocenters. The summed E-state index contributed by atoms with van der Waals surface area (Å²) in [5, 5.41) is 11.0. The molecule has 56 heavy (non-hydrogen) atoms. The third-order valence-corrected chi connectivity index (χ3v) is 11.3. The SMILES string of the molecule is c1ccc2cc(-c3ccc(-c4c5ccccc5c(-c5ccc6ccccc6c5)c5ccc(-c6ccc(-c7cnc8ccccc8c7)nc6)cc45)cc3)ccc2c1. The standard InChI is InChI=1S/C54H34N2/c1-3-11-39-29-41(23-19-35(39)9-1)37-17-21-38(22-18-37)53-47-14-6-7-15-48(47)54(44-24-20-36-10-2-4-12-40(36)30-44)49-27-25-42(32-50(49)53)45-26-28-52(55-33-45)46-31-43-13-5-8-16-51(43)56-34-46/h1-34H. The molecule has 11 rings (SSSR count). The number of pyridine rings is 2. The van der Waals surface area contributed by atoms with Gasteiger partial charge in [-0.2, -0.15) is 0 Å². The van der Waals surface area contributed by atoms with E-state index >= 15 is 0 Å². The second-order valence-electron chi connectivity index (χ2n) is 14.6. The zero-order valence-electron chi connectivity index (χ0n) is 30.5. The normalized spacial score (nSPS) is 11.6. The summed E-state index contributed by atoms with van der Waals surface area (Å²) in [5.41, 5.74) is 12.4. The van der Waals surface area contributed by atoms with Crippen molar-refractivity contribution in [3.05, 3.63) is 207 Å². The van der Waals surface area contributed by atoms with Crippen molar-refractivity contribution >= 4 is 54.0 Å². The maximum atomic E-state index is 4.95. The zero-order chi connectivity index (χ0) is 37.0. The Kier molecular flexibility index (Phi) is 7.53. The third-order valence-electron chi connectivity index (χ3n) is 11.3. The Morgan fingerprint density at radius 1 is 0.250 bits per heavy atom. The topological polar surface area (TPSA) is 25.8 Å². The van der Waals surface area contributed by atoms with Gasteiger partial charge >= 0.3 is 0 Å². The van der Waals surface area contributed by atoms with Crippen LogP contribution in [-0.4, -0.2) is 9.97 Å². The highest BCUT2D eigenvalue weighted by Crippen LogP contribution is 2.45. The van der Waals surface area contributed by atoms with Gasteiger partial charge in [-0.05, 0) is 118 Å². The van der Waals surface area contributed by atoms with Crippen molar-refractivity contribution in [2.45, 2.75) is 0 Å². The molecule has 2 aromatic heterocycles. The smallest absolute Gasteiger partial charge is 0.0718 e. The molecule has 0 aliphatic rings. The largest absolute Gasteiger partial charge is 0.256 e. The molecule has 0 saturated carbocycles. The quantitative estimate of drug-likeness (QED) is 0.166. The number of aromatic nitrogens is 2. The average molecular weight is 711 g/mol. The highest BCUT2D eigenvalue weighted by molar-refractivity contribution is 6.22. The van der Waals surface area contributed by atoms with E-state index in [9.17, 15) is 0 Å². The minimum Gasteiger partial charge on any atom is -0.256 e. The molecule has 0 spiro atoms. The predicted molar refractivity (Wildman–Crippen MR) is 237 cm³/mol. The molecule has 9 aromatic carbocycles. The van der Waals surface area contributed by atoms with Gasteiger partial charge in [0.25, 0.3) is 0 Å². The van der Waals surface area contributed by atoms with Crippen LogP contribution in [0.5, 0.6) is 0 Å². The van der Waals surface area contributed by atoms with Crippen molar-refractivity contribution in [3.8, 4) is 55.8 Å². The van der Waals surface area contributed by atoms with Gasteiger partial charge in [-0.3, -0.25) is 9.97 Å². The van der Waals surface area contributed by atoms with E-state index in [1.807, 2.05) is 30.6 Å². The molecule has 0 aliphatic carbocycles. The number of nitrogens with zero attached hydrogens (tertiary/aromatic N) is 2. The Morgan fingerprint density at radius 2 is 0.732 bits per heavy atom. The molecule has 2 heterocycles. The van der Waals surface area contributed by atoms with Crippen LogP contribution in [-0.2, 0) is 0 Å². The minimum absolute atomic E-state index is 0.907. The van der Waals surface area contributed by atoms with Gasteiger partial charge in [-0.25, -0.2) is 0 Å². The number of rotatable bonds is 5. The first-order valence-corrected chi connectivity index (χ1v) is 19.1. The highest BCUT2D eigenvalue weighted by Gasteiger charge is 2.18. The second kappa shape index (κ2) is 13.2. The van der Waals surface area contributed by atoms with Gasteiger partial charge in [0.2, 0.25) is 0 Å². The van der Waals surface area contributed by atoms with E-state index in [0.717, 1.165) is 33.3 Å². The predicted octanol–water partition coefficient (Wildman–Crippen LogP) is 14.6. The van der Waals surface area contributed by atoms with Crippen LogP contribution in [0.4, 0.5) is 0 Å². The molecule has 2 heteroatoms. The average Bonchev–Trinajstić information content (AvgIpc) is 3.27. The molecule has 11 aromatic rings. The molecule has 0 saturated heterocycles. The summed E-state index contributed by atoms with van der Waals surface area (Å²) in [6, 6.07) is 70.4. The minimum atomic E-state index is 0.907. The van der Waals surface area contributed by atoms with Crippen molar-refractivity contribution in [2.75, 3.05) is 0 Å². The van der Waals surface area contributed by atoms with Gasteiger partial charge in [0.15, 0.2) is 0 Å². The molecule has 2 nitrogen and oxygen atoms in total. The zero-order valence-corrected chi connectivity index (χ0v) is 30.5. The van der Waals surface area contributed by atoms with E-state index in [4.69, 9.17) is 4.98 Å². The van der Waals surface area contributed by atoms with Gasteiger partial charge in [0.1, 0.15) is 0 Å². The molecule has 0 amide bonds. The van der Waals surface area contributed by atoms with Crippen LogP contribution >= 0.6 is 0 Å². The number of hydrogen-bond acceptors (Lipinski definition) is 2. The first kappa shape index (κ1) is 32.0. The Bertz CT molecular complexity index is 3290. The van der Waals surface area contributed by atoms with Gasteiger partial charge in [-0.1, -0.05) is 158 Å². The number of fused-ring (bicyclic) bond motifs is 5. The summed E-state index contributed by atoms with van der Waals surface area (Å²) >= 11 is 0. The van der Waals surface area contributed by atoms with Crippen LogP contribution in [0.25, 0.3) is 110 Å². The van der Waals surface area contributed by atoms with Crippen molar-refractivity contribution < 1.29 is 0 Å². The fourth-order valence-electron chi connectivity index (χ4n) is 8.47. The molecule has 0 aliphatic heterocycles. The third kappa shape index (κ3) is 5.51. The molecule has 0 unspecified atom stereocenters. The molecule has 0 fully saturated rings. The summed E-state index contributed by atoms with van der Waals surface area (Å²) in [6.07, 6.45) is 3.91. The summed E-state index contributed by atoms with van der Waals surface area (Å²) in [6.45, 7) is 0.